The number of pyridine rings is 2. The molecule has 9 rings (SSSR count). The van der Waals surface area contributed by atoms with Crippen LogP contribution in [0.2, 0.25) is 0 Å². The van der Waals surface area contributed by atoms with Gasteiger partial charge in [0.1, 0.15) is 0 Å². The molecule has 8 nitrogen and oxygen atoms in total. The molecule has 8 heterocycles. The number of rotatable bonds is 15. The van der Waals surface area contributed by atoms with E-state index in [4.69, 9.17) is 0 Å². The van der Waals surface area contributed by atoms with E-state index in [0.29, 0.717) is 18.1 Å². The van der Waals surface area contributed by atoms with E-state index >= 15 is 0 Å². The Balaban J connectivity index is 0.000000320. The summed E-state index contributed by atoms with van der Waals surface area (Å²) in [6, 6.07) is 32.1. The molecular weight excluding hydrogens is 833 g/mol. The van der Waals surface area contributed by atoms with Crippen LogP contribution < -0.4 is 30.7 Å². The highest BCUT2D eigenvalue weighted by atomic mass is 32.1. The van der Waals surface area contributed by atoms with Crippen molar-refractivity contribution < 1.29 is 4.28 Å². The molecule has 0 saturated carbocycles. The van der Waals surface area contributed by atoms with Crippen LogP contribution in [0.15, 0.2) is 113 Å². The van der Waals surface area contributed by atoms with Gasteiger partial charge in [-0.05, 0) is 156 Å². The molecule has 0 amide bonds. The smallest absolute Gasteiger partial charge is 0.0654 e. The van der Waals surface area contributed by atoms with Crippen LogP contribution in [0.1, 0.15) is 114 Å². The molecule has 0 fully saturated rings. The van der Waals surface area contributed by atoms with Gasteiger partial charge in [0.05, 0.1) is 40.9 Å². The van der Waals surface area contributed by atoms with Gasteiger partial charge >= 0.3 is 0 Å². The summed E-state index contributed by atoms with van der Waals surface area (Å²) >= 11 is 5.59. The Morgan fingerprint density at radius 3 is 1.37 bits per heavy atom. The summed E-state index contributed by atoms with van der Waals surface area (Å²) < 4.78 is 0. The minimum atomic E-state index is 0. The summed E-state index contributed by atoms with van der Waals surface area (Å²) in [6.07, 6.45) is 13.1. The molecule has 3 N–H and O–H groups in total. The predicted octanol–water partition coefficient (Wildman–Crippen LogP) is 12.7. The fourth-order valence-electron chi connectivity index (χ4n) is 8.83. The lowest BCUT2D eigenvalue weighted by Gasteiger charge is -2.37. The van der Waals surface area contributed by atoms with E-state index in [1.54, 1.807) is 0 Å². The summed E-state index contributed by atoms with van der Waals surface area (Å²) in [6.45, 7) is 14.5. The standard InChI is InChI=1S/C17H22N2S.C16H21N3S.C15H19N3S.2C2H6.3H2/c1-18-11-10-16(17-9-5-13-20-17)19-12-4-7-14-6-2-3-8-15(14)19;1-17-10-8-15(16-7-4-12-20-16)19-11-3-5-13-14(19)6-2-9-18-13;1-16-9-6-14(15-5-3-11-19-15)18-10-7-12-13(18)4-2-8-17-12;2*1-2;;;/h2-3,5-6,8-9,13,16,18H,4,7,10-12H2,1H3;2,4,6-7,9,12,15,17H,3,5,8,10-11H2,1H3;2-5,8,11,14,16H,6-7,9-10H2,1H3;2*1-2H3;3*1H. The SMILES string of the molecule is CC.CC.CNCCC(c1cccs1)N1CCCc2ccccc21.CNCCC(c1cccs1)N1CCCc2ncccc21.CNCCC(c1cccs1)N1CCc2ncccc21.[HH].[HH].[HH]. The van der Waals surface area contributed by atoms with Crippen molar-refractivity contribution in [3.8, 4) is 0 Å². The number of para-hydroxylation sites is 1. The Labute approximate surface area is 396 Å². The summed E-state index contributed by atoms with van der Waals surface area (Å²) in [7, 11) is 6.08. The van der Waals surface area contributed by atoms with Gasteiger partial charge in [0.15, 0.2) is 0 Å². The Morgan fingerprint density at radius 1 is 0.492 bits per heavy atom. The number of fused-ring (bicyclic) bond motifs is 3. The Morgan fingerprint density at radius 2 is 0.905 bits per heavy atom. The number of thiophene rings is 3. The zero-order valence-electron chi connectivity index (χ0n) is 39.1. The van der Waals surface area contributed by atoms with E-state index in [1.165, 1.54) is 74.5 Å². The first-order chi connectivity index (χ1) is 31.2. The first-order valence-electron chi connectivity index (χ1n) is 23.5. The van der Waals surface area contributed by atoms with Crippen LogP contribution in [0.4, 0.5) is 17.1 Å². The number of hydrogen-bond donors (Lipinski definition) is 3. The largest absolute Gasteiger partial charge is 0.363 e. The van der Waals surface area contributed by atoms with Gasteiger partial charge < -0.3 is 30.7 Å². The van der Waals surface area contributed by atoms with Crippen molar-refractivity contribution in [3.63, 3.8) is 0 Å². The number of aromatic nitrogens is 2. The van der Waals surface area contributed by atoms with Gasteiger partial charge in [-0.15, -0.1) is 34.0 Å². The lowest BCUT2D eigenvalue weighted by molar-refractivity contribution is 0.537. The van der Waals surface area contributed by atoms with Crippen LogP contribution >= 0.6 is 34.0 Å². The third kappa shape index (κ3) is 13.7. The topological polar surface area (TPSA) is 71.6 Å². The molecule has 0 bridgehead atoms. The summed E-state index contributed by atoms with van der Waals surface area (Å²) in [5.41, 5.74) is 8.08. The van der Waals surface area contributed by atoms with Crippen LogP contribution in [-0.4, -0.2) is 70.4 Å². The second kappa shape index (κ2) is 27.9. The van der Waals surface area contributed by atoms with Crippen LogP contribution in [0.25, 0.3) is 0 Å². The van der Waals surface area contributed by atoms with E-state index in [-0.39, 0.29) is 4.28 Å². The third-order valence-electron chi connectivity index (χ3n) is 11.6. The maximum absolute atomic E-state index is 4.56. The highest BCUT2D eigenvalue weighted by Gasteiger charge is 2.29. The second-order valence-corrected chi connectivity index (χ2v) is 18.3. The van der Waals surface area contributed by atoms with Crippen LogP contribution in [0, 0.1) is 0 Å². The Kier molecular flexibility index (Phi) is 22.1. The molecule has 1 aromatic carbocycles. The van der Waals surface area contributed by atoms with Gasteiger partial charge in [-0.25, -0.2) is 0 Å². The molecule has 0 aliphatic carbocycles. The molecule has 346 valence electrons. The molecule has 6 aromatic rings. The molecule has 5 aromatic heterocycles. The molecule has 63 heavy (non-hydrogen) atoms. The summed E-state index contributed by atoms with van der Waals surface area (Å²) in [5, 5.41) is 16.4. The Hall–Kier alpha value is -4.10. The van der Waals surface area contributed by atoms with Crippen molar-refractivity contribution in [2.24, 2.45) is 0 Å². The average molecular weight is 913 g/mol. The number of nitrogens with one attached hydrogen (secondary N) is 3. The maximum atomic E-state index is 4.56. The molecule has 3 atom stereocenters. The van der Waals surface area contributed by atoms with Gasteiger partial charge in [-0.2, -0.15) is 0 Å². The van der Waals surface area contributed by atoms with Crippen LogP contribution in [0.5, 0.6) is 0 Å². The van der Waals surface area contributed by atoms with Crippen molar-refractivity contribution in [1.29, 1.82) is 0 Å². The van der Waals surface area contributed by atoms with Crippen LogP contribution in [-0.2, 0) is 19.3 Å². The van der Waals surface area contributed by atoms with E-state index in [0.717, 1.165) is 64.8 Å². The second-order valence-electron chi connectivity index (χ2n) is 15.4. The minimum Gasteiger partial charge on any atom is -0.363 e. The first-order valence-corrected chi connectivity index (χ1v) is 26.1. The van der Waals surface area contributed by atoms with Crippen molar-refractivity contribution in [3.05, 3.63) is 145 Å². The van der Waals surface area contributed by atoms with E-state index in [9.17, 15) is 0 Å². The lowest BCUT2D eigenvalue weighted by atomic mass is 9.98. The first kappa shape index (κ1) is 49.9. The number of nitrogens with zero attached hydrogens (tertiary/aromatic N) is 5. The summed E-state index contributed by atoms with van der Waals surface area (Å²) in [4.78, 5) is 21.1. The predicted molar refractivity (Wildman–Crippen MR) is 283 cm³/mol. The third-order valence-corrected chi connectivity index (χ3v) is 14.6. The Bertz CT molecular complexity index is 1990. The van der Waals surface area contributed by atoms with Gasteiger partial charge in [0.2, 0.25) is 0 Å². The van der Waals surface area contributed by atoms with Crippen molar-refractivity contribution >= 4 is 51.1 Å². The molecule has 3 aliphatic heterocycles. The normalized spacial score (nSPS) is 15.0. The van der Waals surface area contributed by atoms with Gasteiger partial charge in [0.25, 0.3) is 0 Å². The van der Waals surface area contributed by atoms with Crippen molar-refractivity contribution in [1.82, 2.24) is 25.9 Å². The number of hydrogen-bond acceptors (Lipinski definition) is 11. The molecule has 0 spiro atoms. The zero-order chi connectivity index (χ0) is 44.7. The molecule has 11 heteroatoms. The quantitative estimate of drug-likeness (QED) is 0.0941. The minimum absolute atomic E-state index is 0. The average Bonchev–Trinajstić information content (AvgIpc) is 4.22. The van der Waals surface area contributed by atoms with Gasteiger partial charge in [0, 0.05) is 63.0 Å². The van der Waals surface area contributed by atoms with Crippen molar-refractivity contribution in [2.45, 2.75) is 97.2 Å². The molecule has 0 radical (unpaired) electrons. The van der Waals surface area contributed by atoms with E-state index in [2.05, 4.69) is 136 Å². The fraction of sp³-hybridized carbons (Fsp3) is 0.462. The molecular formula is C52H80N8S3. The van der Waals surface area contributed by atoms with Gasteiger partial charge in [-0.3, -0.25) is 9.97 Å². The van der Waals surface area contributed by atoms with E-state index in [1.807, 2.05) is 101 Å². The summed E-state index contributed by atoms with van der Waals surface area (Å²) in [5.74, 6) is 0. The molecule has 0 saturated heterocycles. The zero-order valence-corrected chi connectivity index (χ0v) is 41.5. The van der Waals surface area contributed by atoms with E-state index < -0.39 is 0 Å². The number of benzene rings is 1. The van der Waals surface area contributed by atoms with Crippen LogP contribution in [0.3, 0.4) is 0 Å². The van der Waals surface area contributed by atoms with Gasteiger partial charge in [-0.1, -0.05) is 64.1 Å². The molecule has 3 unspecified atom stereocenters. The number of anilines is 3. The maximum Gasteiger partial charge on any atom is 0.0654 e. The van der Waals surface area contributed by atoms with Crippen molar-refractivity contribution in [2.75, 3.05) is 75.1 Å². The molecule has 3 aliphatic rings. The number of aryl methyl sites for hydroxylation is 2. The lowest BCUT2D eigenvalue weighted by Crippen LogP contribution is -2.35. The highest BCUT2D eigenvalue weighted by molar-refractivity contribution is 7.10. The highest BCUT2D eigenvalue weighted by Crippen LogP contribution is 2.39. The monoisotopic (exact) mass is 913 g/mol. The fourth-order valence-corrected chi connectivity index (χ4v) is 11.4.